The van der Waals surface area contributed by atoms with Gasteiger partial charge in [0.15, 0.2) is 0 Å². The lowest BCUT2D eigenvalue weighted by Gasteiger charge is -2.27. The predicted octanol–water partition coefficient (Wildman–Crippen LogP) is 4.49. The van der Waals surface area contributed by atoms with E-state index < -0.39 is 5.92 Å². The zero-order valence-electron chi connectivity index (χ0n) is 18.5. The molecule has 168 valence electrons. The molecular formula is C27H26N2O4. The first kappa shape index (κ1) is 21.1. The van der Waals surface area contributed by atoms with Crippen LogP contribution in [0.25, 0.3) is 0 Å². The van der Waals surface area contributed by atoms with Gasteiger partial charge < -0.3 is 19.7 Å². The van der Waals surface area contributed by atoms with E-state index in [2.05, 4.69) is 5.32 Å². The Hall–Kier alpha value is -3.80. The summed E-state index contributed by atoms with van der Waals surface area (Å²) in [7, 11) is 0. The van der Waals surface area contributed by atoms with Crippen LogP contribution in [0, 0.1) is 5.92 Å². The standard InChI is InChI=1S/C27H26N2O4/c1-2-32-20-13-11-19(12-14-20)29-17-18(15-25(29)30)16-28-27(31)26-21-7-3-5-9-23(21)33-24-10-6-4-8-22(24)26/h3-14,18,26H,2,15-17H2,1H3,(H,28,31). The van der Waals surface area contributed by atoms with Crippen molar-refractivity contribution in [1.82, 2.24) is 5.32 Å². The van der Waals surface area contributed by atoms with Gasteiger partial charge in [0.05, 0.1) is 12.5 Å². The van der Waals surface area contributed by atoms with E-state index in [0.29, 0.717) is 37.6 Å². The van der Waals surface area contributed by atoms with Crippen molar-refractivity contribution in [2.45, 2.75) is 19.3 Å². The molecule has 0 aromatic heterocycles. The smallest absolute Gasteiger partial charge is 0.232 e. The van der Waals surface area contributed by atoms with Gasteiger partial charge in [-0.15, -0.1) is 0 Å². The molecule has 0 spiro atoms. The number of ether oxygens (including phenoxy) is 2. The molecule has 33 heavy (non-hydrogen) atoms. The Morgan fingerprint density at radius 3 is 2.27 bits per heavy atom. The van der Waals surface area contributed by atoms with Gasteiger partial charge in [-0.1, -0.05) is 36.4 Å². The molecule has 1 fully saturated rings. The summed E-state index contributed by atoms with van der Waals surface area (Å²) < 4.78 is 11.5. The second kappa shape index (κ2) is 8.98. The van der Waals surface area contributed by atoms with Gasteiger partial charge in [-0.25, -0.2) is 0 Å². The van der Waals surface area contributed by atoms with Crippen molar-refractivity contribution in [1.29, 1.82) is 0 Å². The summed E-state index contributed by atoms with van der Waals surface area (Å²) in [5, 5.41) is 3.10. The van der Waals surface area contributed by atoms with E-state index in [1.54, 1.807) is 4.90 Å². The Labute approximate surface area is 193 Å². The quantitative estimate of drug-likeness (QED) is 0.611. The summed E-state index contributed by atoms with van der Waals surface area (Å²) in [6.45, 7) is 3.56. The van der Waals surface area contributed by atoms with E-state index in [9.17, 15) is 9.59 Å². The molecule has 6 heteroatoms. The fraction of sp³-hybridized carbons (Fsp3) is 0.259. The van der Waals surface area contributed by atoms with Crippen molar-refractivity contribution in [3.63, 3.8) is 0 Å². The maximum Gasteiger partial charge on any atom is 0.232 e. The molecule has 5 rings (SSSR count). The van der Waals surface area contributed by atoms with Gasteiger partial charge in [0, 0.05) is 42.2 Å². The number of fused-ring (bicyclic) bond motifs is 2. The molecule has 1 unspecified atom stereocenters. The number of benzene rings is 3. The molecule has 3 aromatic rings. The van der Waals surface area contributed by atoms with Crippen LogP contribution in [-0.2, 0) is 9.59 Å². The summed E-state index contributed by atoms with van der Waals surface area (Å²) >= 11 is 0. The molecule has 2 amide bonds. The summed E-state index contributed by atoms with van der Waals surface area (Å²) in [4.78, 5) is 27.8. The van der Waals surface area contributed by atoms with Crippen molar-refractivity contribution in [3.05, 3.63) is 83.9 Å². The molecule has 0 radical (unpaired) electrons. The average Bonchev–Trinajstić information content (AvgIpc) is 3.22. The number of nitrogens with zero attached hydrogens (tertiary/aromatic N) is 1. The van der Waals surface area contributed by atoms with Crippen LogP contribution in [0.15, 0.2) is 72.8 Å². The second-order valence-electron chi connectivity index (χ2n) is 8.36. The van der Waals surface area contributed by atoms with E-state index in [1.165, 1.54) is 0 Å². The molecule has 3 aromatic carbocycles. The number of carbonyl (C=O) groups excluding carboxylic acids is 2. The van der Waals surface area contributed by atoms with Gasteiger partial charge in [-0.05, 0) is 43.3 Å². The Bertz CT molecular complexity index is 1130. The summed E-state index contributed by atoms with van der Waals surface area (Å²) in [6, 6.07) is 22.8. The second-order valence-corrected chi connectivity index (χ2v) is 8.36. The normalized spacial score (nSPS) is 17.2. The minimum Gasteiger partial charge on any atom is -0.494 e. The molecule has 0 bridgehead atoms. The highest BCUT2D eigenvalue weighted by molar-refractivity contribution is 5.96. The molecule has 2 heterocycles. The van der Waals surface area contributed by atoms with Gasteiger partial charge in [-0.3, -0.25) is 9.59 Å². The summed E-state index contributed by atoms with van der Waals surface area (Å²) in [5.41, 5.74) is 2.56. The maximum absolute atomic E-state index is 13.3. The van der Waals surface area contributed by atoms with Crippen molar-refractivity contribution in [3.8, 4) is 17.2 Å². The number of hydrogen-bond donors (Lipinski definition) is 1. The summed E-state index contributed by atoms with van der Waals surface area (Å²) in [5.74, 6) is 1.80. The van der Waals surface area contributed by atoms with E-state index >= 15 is 0 Å². The highest BCUT2D eigenvalue weighted by Gasteiger charge is 2.34. The topological polar surface area (TPSA) is 67.9 Å². The molecule has 0 saturated carbocycles. The van der Waals surface area contributed by atoms with Crippen LogP contribution in [0.3, 0.4) is 0 Å². The molecule has 0 aliphatic carbocycles. The zero-order valence-corrected chi connectivity index (χ0v) is 18.5. The number of anilines is 1. The largest absolute Gasteiger partial charge is 0.494 e. The maximum atomic E-state index is 13.3. The van der Waals surface area contributed by atoms with Crippen LogP contribution in [0.4, 0.5) is 5.69 Å². The van der Waals surface area contributed by atoms with Crippen LogP contribution in [0.5, 0.6) is 17.2 Å². The Morgan fingerprint density at radius 2 is 1.64 bits per heavy atom. The molecule has 1 N–H and O–H groups in total. The zero-order chi connectivity index (χ0) is 22.8. The molecule has 6 nitrogen and oxygen atoms in total. The first-order chi connectivity index (χ1) is 16.1. The first-order valence-electron chi connectivity index (χ1n) is 11.3. The monoisotopic (exact) mass is 442 g/mol. The van der Waals surface area contributed by atoms with Crippen molar-refractivity contribution in [2.24, 2.45) is 5.92 Å². The van der Waals surface area contributed by atoms with Gasteiger partial charge in [0.1, 0.15) is 17.2 Å². The third kappa shape index (κ3) is 4.16. The van der Waals surface area contributed by atoms with Crippen LogP contribution in [0.2, 0.25) is 0 Å². The van der Waals surface area contributed by atoms with Crippen molar-refractivity contribution >= 4 is 17.5 Å². The number of hydrogen-bond acceptors (Lipinski definition) is 4. The third-order valence-corrected chi connectivity index (χ3v) is 6.17. The average molecular weight is 443 g/mol. The third-order valence-electron chi connectivity index (χ3n) is 6.17. The van der Waals surface area contributed by atoms with Crippen LogP contribution >= 0.6 is 0 Å². The molecule has 2 aliphatic rings. The number of nitrogens with one attached hydrogen (secondary N) is 1. The van der Waals surface area contributed by atoms with Crippen LogP contribution < -0.4 is 19.7 Å². The van der Waals surface area contributed by atoms with Gasteiger partial charge in [-0.2, -0.15) is 0 Å². The number of rotatable bonds is 6. The lowest BCUT2D eigenvalue weighted by Crippen LogP contribution is -2.35. The van der Waals surface area contributed by atoms with Gasteiger partial charge in [0.25, 0.3) is 0 Å². The molecule has 1 saturated heterocycles. The van der Waals surface area contributed by atoms with Crippen molar-refractivity contribution < 1.29 is 19.1 Å². The lowest BCUT2D eigenvalue weighted by atomic mass is 9.87. The number of amides is 2. The van der Waals surface area contributed by atoms with Crippen LogP contribution in [-0.4, -0.2) is 31.5 Å². The Kier molecular flexibility index (Phi) is 5.73. The molecule has 1 atom stereocenters. The fourth-order valence-electron chi connectivity index (χ4n) is 4.60. The Morgan fingerprint density at radius 1 is 1.00 bits per heavy atom. The molecule has 2 aliphatic heterocycles. The first-order valence-corrected chi connectivity index (χ1v) is 11.3. The predicted molar refractivity (Wildman–Crippen MR) is 126 cm³/mol. The van der Waals surface area contributed by atoms with E-state index in [-0.39, 0.29) is 17.7 Å². The molecular weight excluding hydrogens is 416 g/mol. The fourth-order valence-corrected chi connectivity index (χ4v) is 4.60. The Balaban J connectivity index is 1.27. The number of carbonyl (C=O) groups is 2. The summed E-state index contributed by atoms with van der Waals surface area (Å²) in [6.07, 6.45) is 0.411. The minimum atomic E-state index is -0.439. The van der Waals surface area contributed by atoms with Crippen LogP contribution in [0.1, 0.15) is 30.4 Å². The minimum absolute atomic E-state index is 0.0540. The number of para-hydroxylation sites is 2. The SMILES string of the molecule is CCOc1ccc(N2CC(CNC(=O)C3c4ccccc4Oc4ccccc43)CC2=O)cc1. The van der Waals surface area contributed by atoms with Crippen molar-refractivity contribution in [2.75, 3.05) is 24.6 Å². The van der Waals surface area contributed by atoms with Gasteiger partial charge >= 0.3 is 0 Å². The van der Waals surface area contributed by atoms with E-state index in [1.807, 2.05) is 79.7 Å². The van der Waals surface area contributed by atoms with E-state index in [4.69, 9.17) is 9.47 Å². The van der Waals surface area contributed by atoms with E-state index in [0.717, 1.165) is 22.6 Å². The van der Waals surface area contributed by atoms with Gasteiger partial charge in [0.2, 0.25) is 11.8 Å². The highest BCUT2D eigenvalue weighted by Crippen LogP contribution is 2.43. The lowest BCUT2D eigenvalue weighted by molar-refractivity contribution is -0.122. The highest BCUT2D eigenvalue weighted by atomic mass is 16.5.